The van der Waals surface area contributed by atoms with Crippen molar-refractivity contribution >= 4 is 23.6 Å². The number of fused-ring (bicyclic) bond motifs is 1. The maximum Gasteiger partial charge on any atom is 0.404 e. The van der Waals surface area contributed by atoms with Crippen molar-refractivity contribution in [3.63, 3.8) is 0 Å². The first-order valence-electron chi connectivity index (χ1n) is 4.98. The highest BCUT2D eigenvalue weighted by Gasteiger charge is 2.27. The molecule has 2 amide bonds. The Balaban J connectivity index is 2.02. The number of rotatable bonds is 3. The summed E-state index contributed by atoms with van der Waals surface area (Å²) in [7, 11) is 0. The second-order valence-corrected chi connectivity index (χ2v) is 4.01. The molecule has 1 aromatic rings. The Morgan fingerprint density at radius 1 is 1.65 bits per heavy atom. The molecule has 1 aliphatic rings. The number of hydrogen-bond acceptors (Lipinski definition) is 3. The fourth-order valence-corrected chi connectivity index (χ4v) is 1.87. The molecule has 0 spiro atoms. The van der Waals surface area contributed by atoms with Crippen molar-refractivity contribution in [3.05, 3.63) is 28.5 Å². The molecule has 1 aromatic heterocycles. The lowest BCUT2D eigenvalue weighted by atomic mass is 10.2. The second-order valence-electron chi connectivity index (χ2n) is 3.62. The zero-order valence-electron chi connectivity index (χ0n) is 8.81. The SMILES string of the molecule is O=C(O)NCCN1Cc2cnc(Cl)cc2C1=O. The normalized spacial score (nSPS) is 13.7. The molecule has 0 aliphatic carbocycles. The van der Waals surface area contributed by atoms with Gasteiger partial charge >= 0.3 is 6.09 Å². The van der Waals surface area contributed by atoms with Gasteiger partial charge in [-0.3, -0.25) is 4.79 Å². The van der Waals surface area contributed by atoms with Crippen molar-refractivity contribution < 1.29 is 14.7 Å². The van der Waals surface area contributed by atoms with Crippen molar-refractivity contribution in [1.82, 2.24) is 15.2 Å². The summed E-state index contributed by atoms with van der Waals surface area (Å²) < 4.78 is 0. The van der Waals surface area contributed by atoms with E-state index in [2.05, 4.69) is 10.3 Å². The van der Waals surface area contributed by atoms with Crippen LogP contribution in [0, 0.1) is 0 Å². The van der Waals surface area contributed by atoms with Crippen LogP contribution < -0.4 is 5.32 Å². The molecule has 0 atom stereocenters. The topological polar surface area (TPSA) is 82.5 Å². The summed E-state index contributed by atoms with van der Waals surface area (Å²) in [5, 5.41) is 10.9. The van der Waals surface area contributed by atoms with Gasteiger partial charge in [-0.25, -0.2) is 9.78 Å². The summed E-state index contributed by atoms with van der Waals surface area (Å²) in [4.78, 5) is 27.6. The molecule has 0 saturated heterocycles. The average molecular weight is 256 g/mol. The Bertz CT molecular complexity index is 478. The largest absolute Gasteiger partial charge is 0.465 e. The van der Waals surface area contributed by atoms with Gasteiger partial charge in [-0.05, 0) is 6.07 Å². The third kappa shape index (κ3) is 2.47. The molecule has 0 radical (unpaired) electrons. The van der Waals surface area contributed by atoms with Crippen molar-refractivity contribution in [2.75, 3.05) is 13.1 Å². The fourth-order valence-electron chi connectivity index (χ4n) is 1.71. The Morgan fingerprint density at radius 2 is 2.41 bits per heavy atom. The van der Waals surface area contributed by atoms with Crippen LogP contribution in [0.4, 0.5) is 4.79 Å². The van der Waals surface area contributed by atoms with E-state index in [1.54, 1.807) is 11.1 Å². The van der Waals surface area contributed by atoms with Crippen molar-refractivity contribution in [1.29, 1.82) is 0 Å². The number of hydrogen-bond donors (Lipinski definition) is 2. The van der Waals surface area contributed by atoms with Gasteiger partial charge in [0.1, 0.15) is 5.15 Å². The first kappa shape index (κ1) is 11.7. The molecular formula is C10H10ClN3O3. The number of pyridine rings is 1. The first-order chi connectivity index (χ1) is 8.08. The quantitative estimate of drug-likeness (QED) is 0.788. The number of carbonyl (C=O) groups is 2. The molecule has 7 heteroatoms. The van der Waals surface area contributed by atoms with E-state index >= 15 is 0 Å². The molecule has 0 unspecified atom stereocenters. The minimum Gasteiger partial charge on any atom is -0.465 e. The number of amides is 2. The number of nitrogens with one attached hydrogen (secondary N) is 1. The highest BCUT2D eigenvalue weighted by molar-refractivity contribution is 6.29. The van der Waals surface area contributed by atoms with Crippen LogP contribution in [0.1, 0.15) is 15.9 Å². The molecule has 90 valence electrons. The highest BCUT2D eigenvalue weighted by Crippen LogP contribution is 2.23. The maximum absolute atomic E-state index is 11.9. The molecule has 17 heavy (non-hydrogen) atoms. The van der Waals surface area contributed by atoms with Gasteiger partial charge in [-0.2, -0.15) is 0 Å². The van der Waals surface area contributed by atoms with Gasteiger partial charge in [0, 0.05) is 37.0 Å². The van der Waals surface area contributed by atoms with Crippen LogP contribution in [0.3, 0.4) is 0 Å². The van der Waals surface area contributed by atoms with Gasteiger partial charge in [-0.1, -0.05) is 11.6 Å². The molecule has 2 heterocycles. The Kier molecular flexibility index (Phi) is 3.14. The lowest BCUT2D eigenvalue weighted by Crippen LogP contribution is -2.34. The summed E-state index contributed by atoms with van der Waals surface area (Å²) in [6.45, 7) is 0.979. The van der Waals surface area contributed by atoms with Crippen LogP contribution in [-0.4, -0.2) is 40.1 Å². The van der Waals surface area contributed by atoms with Gasteiger partial charge in [0.15, 0.2) is 0 Å². The van der Waals surface area contributed by atoms with Crippen LogP contribution >= 0.6 is 11.6 Å². The fraction of sp³-hybridized carbons (Fsp3) is 0.300. The van der Waals surface area contributed by atoms with Crippen LogP contribution in [-0.2, 0) is 6.54 Å². The average Bonchev–Trinajstić information content (AvgIpc) is 2.56. The molecule has 0 aromatic carbocycles. The molecule has 1 aliphatic heterocycles. The molecule has 0 fully saturated rings. The maximum atomic E-state index is 11.9. The van der Waals surface area contributed by atoms with Gasteiger partial charge < -0.3 is 15.3 Å². The van der Waals surface area contributed by atoms with E-state index < -0.39 is 6.09 Å². The van der Waals surface area contributed by atoms with Gasteiger partial charge in [0.05, 0.1) is 0 Å². The van der Waals surface area contributed by atoms with Crippen molar-refractivity contribution in [3.8, 4) is 0 Å². The van der Waals surface area contributed by atoms with E-state index in [0.29, 0.717) is 18.7 Å². The lowest BCUT2D eigenvalue weighted by molar-refractivity contribution is 0.0778. The summed E-state index contributed by atoms with van der Waals surface area (Å²) in [6.07, 6.45) is 0.471. The number of aromatic nitrogens is 1. The van der Waals surface area contributed by atoms with Gasteiger partial charge in [-0.15, -0.1) is 0 Å². The summed E-state index contributed by atoms with van der Waals surface area (Å²) in [5.74, 6) is -0.142. The third-order valence-electron chi connectivity index (χ3n) is 2.49. The minimum absolute atomic E-state index is 0.142. The second kappa shape index (κ2) is 4.58. The molecule has 2 N–H and O–H groups in total. The Labute approximate surface area is 102 Å². The van der Waals surface area contributed by atoms with Crippen molar-refractivity contribution in [2.45, 2.75) is 6.54 Å². The van der Waals surface area contributed by atoms with Crippen LogP contribution in [0.15, 0.2) is 12.3 Å². The van der Waals surface area contributed by atoms with E-state index in [1.165, 1.54) is 6.07 Å². The first-order valence-corrected chi connectivity index (χ1v) is 5.36. The predicted octanol–water partition coefficient (Wildman–Crippen LogP) is 0.958. The Hall–Kier alpha value is -1.82. The van der Waals surface area contributed by atoms with Crippen molar-refractivity contribution in [2.24, 2.45) is 0 Å². The number of halogens is 1. The van der Waals surface area contributed by atoms with Gasteiger partial charge in [0.25, 0.3) is 5.91 Å². The molecule has 0 bridgehead atoms. The standard InChI is InChI=1S/C10H10ClN3O3/c11-8-3-7-6(4-13-8)5-14(9(7)15)2-1-12-10(16)17/h3-4,12H,1-2,5H2,(H,16,17). The van der Waals surface area contributed by atoms with E-state index in [0.717, 1.165) is 5.56 Å². The zero-order chi connectivity index (χ0) is 12.4. The van der Waals surface area contributed by atoms with Crippen LogP contribution in [0.25, 0.3) is 0 Å². The van der Waals surface area contributed by atoms with E-state index in [-0.39, 0.29) is 17.6 Å². The van der Waals surface area contributed by atoms with E-state index in [4.69, 9.17) is 16.7 Å². The van der Waals surface area contributed by atoms with Crippen LogP contribution in [0.5, 0.6) is 0 Å². The number of carboxylic acid groups (broad SMARTS) is 1. The zero-order valence-corrected chi connectivity index (χ0v) is 9.57. The smallest absolute Gasteiger partial charge is 0.404 e. The lowest BCUT2D eigenvalue weighted by Gasteiger charge is -2.14. The van der Waals surface area contributed by atoms with Gasteiger partial charge in [0.2, 0.25) is 0 Å². The minimum atomic E-state index is -1.10. The number of carbonyl (C=O) groups excluding carboxylic acids is 1. The monoisotopic (exact) mass is 255 g/mol. The molecular weight excluding hydrogens is 246 g/mol. The predicted molar refractivity (Wildman–Crippen MR) is 60.0 cm³/mol. The molecule has 2 rings (SSSR count). The highest BCUT2D eigenvalue weighted by atomic mass is 35.5. The third-order valence-corrected chi connectivity index (χ3v) is 2.70. The number of nitrogens with zero attached hydrogens (tertiary/aromatic N) is 2. The van der Waals surface area contributed by atoms with E-state index in [9.17, 15) is 9.59 Å². The Morgan fingerprint density at radius 3 is 3.12 bits per heavy atom. The van der Waals surface area contributed by atoms with E-state index in [1.807, 2.05) is 0 Å². The van der Waals surface area contributed by atoms with Crippen LogP contribution in [0.2, 0.25) is 5.15 Å². The summed E-state index contributed by atoms with van der Waals surface area (Å²) in [6, 6.07) is 1.53. The molecule has 6 nitrogen and oxygen atoms in total. The summed E-state index contributed by atoms with van der Waals surface area (Å²) in [5.41, 5.74) is 1.36. The summed E-state index contributed by atoms with van der Waals surface area (Å²) >= 11 is 5.71. The molecule has 0 saturated carbocycles.